The molecule has 6 nitrogen and oxygen atoms in total. The number of nitrogens with zero attached hydrogens (tertiary/aromatic N) is 3. The lowest BCUT2D eigenvalue weighted by molar-refractivity contribution is -0.121. The van der Waals surface area contributed by atoms with E-state index < -0.39 is 0 Å². The van der Waals surface area contributed by atoms with E-state index in [0.717, 1.165) is 60.3 Å². The van der Waals surface area contributed by atoms with E-state index >= 15 is 0 Å². The number of nitrogens with one attached hydrogen (secondary N) is 1. The predicted molar refractivity (Wildman–Crippen MR) is 119 cm³/mol. The number of hydrogen-bond acceptors (Lipinski definition) is 4. The van der Waals surface area contributed by atoms with Gasteiger partial charge >= 0.3 is 0 Å². The van der Waals surface area contributed by atoms with E-state index in [-0.39, 0.29) is 5.91 Å². The van der Waals surface area contributed by atoms with Crippen molar-refractivity contribution in [2.75, 3.05) is 39.4 Å². The van der Waals surface area contributed by atoms with Crippen molar-refractivity contribution in [3.63, 3.8) is 0 Å². The molecule has 30 heavy (non-hydrogen) atoms. The number of para-hydroxylation sites is 2. The average Bonchev–Trinajstić information content (AvgIpc) is 3.10. The molecule has 1 amide bonds. The molecule has 158 valence electrons. The van der Waals surface area contributed by atoms with Crippen LogP contribution in [0.5, 0.6) is 0 Å². The Kier molecular flexibility index (Phi) is 7.00. The molecule has 7 heteroatoms. The summed E-state index contributed by atoms with van der Waals surface area (Å²) in [6.45, 7) is 5.55. The zero-order valence-corrected chi connectivity index (χ0v) is 17.8. The van der Waals surface area contributed by atoms with Gasteiger partial charge in [0, 0.05) is 50.6 Å². The van der Waals surface area contributed by atoms with Gasteiger partial charge in [0.2, 0.25) is 5.91 Å². The number of rotatable bonds is 8. The Labute approximate surface area is 181 Å². The van der Waals surface area contributed by atoms with Crippen LogP contribution in [0, 0.1) is 0 Å². The maximum Gasteiger partial charge on any atom is 0.221 e. The highest BCUT2D eigenvalue weighted by atomic mass is 35.5. The number of hydrogen-bond donors (Lipinski definition) is 1. The van der Waals surface area contributed by atoms with Crippen molar-refractivity contribution in [2.24, 2.45) is 0 Å². The molecule has 1 aliphatic rings. The van der Waals surface area contributed by atoms with Crippen molar-refractivity contribution in [3.8, 4) is 0 Å². The number of carbonyl (C=O) groups excluding carboxylic acids is 1. The van der Waals surface area contributed by atoms with E-state index in [2.05, 4.69) is 20.9 Å². The molecule has 0 radical (unpaired) electrons. The van der Waals surface area contributed by atoms with Gasteiger partial charge in [-0.25, -0.2) is 4.98 Å². The minimum absolute atomic E-state index is 0.0646. The number of benzene rings is 2. The topological polar surface area (TPSA) is 59.4 Å². The van der Waals surface area contributed by atoms with Gasteiger partial charge in [0.05, 0.1) is 24.2 Å². The fraction of sp³-hybridized carbons (Fsp3) is 0.391. The summed E-state index contributed by atoms with van der Waals surface area (Å²) in [7, 11) is 0. The Balaban J connectivity index is 1.39. The zero-order chi connectivity index (χ0) is 20.8. The van der Waals surface area contributed by atoms with Gasteiger partial charge in [-0.1, -0.05) is 35.9 Å². The van der Waals surface area contributed by atoms with Gasteiger partial charge in [0.25, 0.3) is 0 Å². The summed E-state index contributed by atoms with van der Waals surface area (Å²) in [5.74, 6) is 1.01. The molecule has 2 aromatic carbocycles. The molecule has 2 heterocycles. The van der Waals surface area contributed by atoms with Crippen LogP contribution >= 0.6 is 11.6 Å². The Morgan fingerprint density at radius 3 is 2.77 bits per heavy atom. The lowest BCUT2D eigenvalue weighted by Crippen LogP contribution is -2.41. The van der Waals surface area contributed by atoms with E-state index in [0.29, 0.717) is 25.9 Å². The van der Waals surface area contributed by atoms with Crippen LogP contribution in [-0.4, -0.2) is 59.8 Å². The maximum absolute atomic E-state index is 12.4. The SMILES string of the molecule is O=C(CCn1c(Cc2cccc(Cl)c2)nc2ccccc21)NCCN1CCOCC1. The third kappa shape index (κ3) is 5.39. The highest BCUT2D eigenvalue weighted by Crippen LogP contribution is 2.20. The van der Waals surface area contributed by atoms with Crippen molar-refractivity contribution in [1.29, 1.82) is 0 Å². The van der Waals surface area contributed by atoms with Crippen molar-refractivity contribution in [1.82, 2.24) is 19.8 Å². The Bertz CT molecular complexity index is 998. The molecule has 0 aliphatic carbocycles. The summed E-state index contributed by atoms with van der Waals surface area (Å²) < 4.78 is 7.51. The molecule has 1 fully saturated rings. The van der Waals surface area contributed by atoms with E-state index in [1.165, 1.54) is 0 Å². The molecule has 0 bridgehead atoms. The zero-order valence-electron chi connectivity index (χ0n) is 17.0. The first-order valence-corrected chi connectivity index (χ1v) is 10.8. The first-order valence-electron chi connectivity index (χ1n) is 10.4. The molecule has 1 saturated heterocycles. The Morgan fingerprint density at radius 1 is 1.10 bits per heavy atom. The number of fused-ring (bicyclic) bond motifs is 1. The summed E-state index contributed by atoms with van der Waals surface area (Å²) in [6, 6.07) is 15.9. The van der Waals surface area contributed by atoms with Gasteiger partial charge in [-0.05, 0) is 29.8 Å². The Hall–Kier alpha value is -2.41. The van der Waals surface area contributed by atoms with E-state index in [1.807, 2.05) is 42.5 Å². The molecule has 1 aromatic heterocycles. The molecule has 3 aromatic rings. The van der Waals surface area contributed by atoms with Gasteiger partial charge in [-0.2, -0.15) is 0 Å². The maximum atomic E-state index is 12.4. The number of ether oxygens (including phenoxy) is 1. The second-order valence-corrected chi connectivity index (χ2v) is 7.97. The molecule has 0 spiro atoms. The Morgan fingerprint density at radius 2 is 1.93 bits per heavy atom. The second kappa shape index (κ2) is 10.1. The number of imidazole rings is 1. The van der Waals surface area contributed by atoms with Gasteiger partial charge in [0.15, 0.2) is 0 Å². The molecule has 0 atom stereocenters. The summed E-state index contributed by atoms with van der Waals surface area (Å²) >= 11 is 6.15. The first-order chi connectivity index (χ1) is 14.7. The fourth-order valence-corrected chi connectivity index (χ4v) is 4.03. The number of amides is 1. The van der Waals surface area contributed by atoms with E-state index in [9.17, 15) is 4.79 Å². The second-order valence-electron chi connectivity index (χ2n) is 7.53. The number of aryl methyl sites for hydroxylation is 1. The molecule has 4 rings (SSSR count). The summed E-state index contributed by atoms with van der Waals surface area (Å²) in [5, 5.41) is 3.76. The van der Waals surface area contributed by atoms with Crippen molar-refractivity contribution < 1.29 is 9.53 Å². The normalized spacial score (nSPS) is 14.8. The highest BCUT2D eigenvalue weighted by Gasteiger charge is 2.14. The lowest BCUT2D eigenvalue weighted by atomic mass is 10.1. The number of morpholine rings is 1. The minimum atomic E-state index is 0.0646. The predicted octanol–water partition coefficient (Wildman–Crippen LogP) is 3.12. The largest absolute Gasteiger partial charge is 0.379 e. The lowest BCUT2D eigenvalue weighted by Gasteiger charge is -2.26. The molecule has 0 unspecified atom stereocenters. The molecule has 1 aliphatic heterocycles. The average molecular weight is 427 g/mol. The summed E-state index contributed by atoms with van der Waals surface area (Å²) in [6.07, 6.45) is 1.10. The third-order valence-electron chi connectivity index (χ3n) is 5.40. The summed E-state index contributed by atoms with van der Waals surface area (Å²) in [5.41, 5.74) is 3.10. The summed E-state index contributed by atoms with van der Waals surface area (Å²) in [4.78, 5) is 19.5. The molecule has 1 N–H and O–H groups in total. The van der Waals surface area contributed by atoms with Crippen LogP contribution in [0.4, 0.5) is 0 Å². The van der Waals surface area contributed by atoms with Crippen molar-refractivity contribution >= 4 is 28.5 Å². The molecule has 0 saturated carbocycles. The van der Waals surface area contributed by atoms with Crippen LogP contribution in [0.25, 0.3) is 11.0 Å². The number of carbonyl (C=O) groups is 1. The quantitative estimate of drug-likeness (QED) is 0.601. The minimum Gasteiger partial charge on any atom is -0.379 e. The molecular formula is C23H27ClN4O2. The van der Waals surface area contributed by atoms with Crippen LogP contribution < -0.4 is 5.32 Å². The third-order valence-corrected chi connectivity index (χ3v) is 5.64. The fourth-order valence-electron chi connectivity index (χ4n) is 3.82. The van der Waals surface area contributed by atoms with Crippen LogP contribution in [0.1, 0.15) is 17.8 Å². The van der Waals surface area contributed by atoms with Gasteiger partial charge in [-0.15, -0.1) is 0 Å². The number of aromatic nitrogens is 2. The van der Waals surface area contributed by atoms with Crippen molar-refractivity contribution in [2.45, 2.75) is 19.4 Å². The standard InChI is InChI=1S/C23H27ClN4O2/c24-19-5-3-4-18(16-19)17-22-26-20-6-1-2-7-21(20)28(22)10-8-23(29)25-9-11-27-12-14-30-15-13-27/h1-7,16H,8-15,17H2,(H,25,29). The van der Waals surface area contributed by atoms with E-state index in [4.69, 9.17) is 21.3 Å². The van der Waals surface area contributed by atoms with Crippen LogP contribution in [0.15, 0.2) is 48.5 Å². The highest BCUT2D eigenvalue weighted by molar-refractivity contribution is 6.30. The van der Waals surface area contributed by atoms with Crippen LogP contribution in [-0.2, 0) is 22.5 Å². The van der Waals surface area contributed by atoms with Crippen molar-refractivity contribution in [3.05, 3.63) is 64.9 Å². The van der Waals surface area contributed by atoms with Gasteiger partial charge < -0.3 is 14.6 Å². The first kappa shape index (κ1) is 20.8. The smallest absolute Gasteiger partial charge is 0.221 e. The van der Waals surface area contributed by atoms with Gasteiger partial charge in [-0.3, -0.25) is 9.69 Å². The van der Waals surface area contributed by atoms with Crippen LogP contribution in [0.2, 0.25) is 5.02 Å². The van der Waals surface area contributed by atoms with E-state index in [1.54, 1.807) is 0 Å². The van der Waals surface area contributed by atoms with Gasteiger partial charge in [0.1, 0.15) is 5.82 Å². The molecular weight excluding hydrogens is 400 g/mol. The van der Waals surface area contributed by atoms with Crippen LogP contribution in [0.3, 0.4) is 0 Å². The monoisotopic (exact) mass is 426 g/mol. The number of halogens is 1.